The number of nitrogens with one attached hydrogen (secondary N) is 3. The fraction of sp³-hybridized carbons (Fsp3) is 0.438. The van der Waals surface area contributed by atoms with E-state index in [1.807, 2.05) is 19.1 Å². The smallest absolute Gasteiger partial charge is 0.276 e. The van der Waals surface area contributed by atoms with Crippen molar-refractivity contribution in [2.24, 2.45) is 0 Å². The Morgan fingerprint density at radius 3 is 2.62 bits per heavy atom. The van der Waals surface area contributed by atoms with Gasteiger partial charge in [-0.1, -0.05) is 35.7 Å². The van der Waals surface area contributed by atoms with Gasteiger partial charge in [0.25, 0.3) is 5.91 Å². The van der Waals surface area contributed by atoms with Gasteiger partial charge in [-0.05, 0) is 49.3 Å². The summed E-state index contributed by atoms with van der Waals surface area (Å²) >= 11 is 8.30. The van der Waals surface area contributed by atoms with Crippen LogP contribution in [0.1, 0.15) is 38.2 Å². The highest BCUT2D eigenvalue weighted by Gasteiger charge is 2.07. The van der Waals surface area contributed by atoms with Crippen molar-refractivity contribution in [3.05, 3.63) is 28.2 Å². The molecule has 0 atom stereocenters. The number of ether oxygens (including phenoxy) is 1. The molecule has 0 aromatic heterocycles. The van der Waals surface area contributed by atoms with E-state index in [0.29, 0.717) is 12.2 Å². The van der Waals surface area contributed by atoms with Gasteiger partial charge in [-0.15, -0.1) is 0 Å². The molecule has 0 aliphatic heterocycles. The van der Waals surface area contributed by atoms with Crippen molar-refractivity contribution in [3.63, 3.8) is 0 Å². The standard InChI is InChI=1S/C16H22BrN3O3S/c1-3-4-5-6-14(21)18-16(24)20-19-15(22)10-23-13-8-7-12(17)9-11(13)2/h7-9H,3-6,10H2,1-2H3,(H,19,22)(H2,18,20,21,24). The van der Waals surface area contributed by atoms with Gasteiger partial charge in [0.15, 0.2) is 11.7 Å². The van der Waals surface area contributed by atoms with E-state index in [1.54, 1.807) is 6.07 Å². The van der Waals surface area contributed by atoms with Gasteiger partial charge in [0.2, 0.25) is 5.91 Å². The van der Waals surface area contributed by atoms with Crippen LogP contribution in [0.25, 0.3) is 0 Å². The highest BCUT2D eigenvalue weighted by atomic mass is 79.9. The number of unbranched alkanes of at least 4 members (excludes halogenated alkanes) is 2. The lowest BCUT2D eigenvalue weighted by Gasteiger charge is -2.12. The van der Waals surface area contributed by atoms with Crippen LogP contribution in [0, 0.1) is 6.92 Å². The van der Waals surface area contributed by atoms with Gasteiger partial charge >= 0.3 is 0 Å². The zero-order valence-electron chi connectivity index (χ0n) is 13.8. The molecule has 0 aliphatic carbocycles. The summed E-state index contributed by atoms with van der Waals surface area (Å²) in [5.41, 5.74) is 5.77. The maximum absolute atomic E-state index is 11.7. The van der Waals surface area contributed by atoms with Gasteiger partial charge in [-0.2, -0.15) is 0 Å². The molecule has 132 valence electrons. The molecular weight excluding hydrogens is 394 g/mol. The Balaban J connectivity index is 2.25. The summed E-state index contributed by atoms with van der Waals surface area (Å²) in [5.74, 6) is 0.0528. The Morgan fingerprint density at radius 2 is 1.96 bits per heavy atom. The molecule has 0 aliphatic rings. The highest BCUT2D eigenvalue weighted by molar-refractivity contribution is 9.10. The lowest BCUT2D eigenvalue weighted by atomic mass is 10.2. The molecule has 0 bridgehead atoms. The first-order chi connectivity index (χ1) is 11.4. The molecule has 8 heteroatoms. The van der Waals surface area contributed by atoms with Gasteiger partial charge in [-0.3, -0.25) is 20.4 Å². The molecule has 6 nitrogen and oxygen atoms in total. The van der Waals surface area contributed by atoms with Crippen LogP contribution >= 0.6 is 28.1 Å². The van der Waals surface area contributed by atoms with Crippen LogP contribution in [0.4, 0.5) is 0 Å². The van der Waals surface area contributed by atoms with Crippen molar-refractivity contribution in [2.45, 2.75) is 39.5 Å². The summed E-state index contributed by atoms with van der Waals surface area (Å²) in [6.45, 7) is 3.79. The Kier molecular flexibility index (Phi) is 9.33. The average Bonchev–Trinajstić information content (AvgIpc) is 2.52. The molecule has 0 saturated carbocycles. The topological polar surface area (TPSA) is 79.5 Å². The number of carbonyl (C=O) groups is 2. The second-order valence-corrected chi connectivity index (χ2v) is 6.53. The van der Waals surface area contributed by atoms with E-state index in [4.69, 9.17) is 17.0 Å². The van der Waals surface area contributed by atoms with E-state index in [9.17, 15) is 9.59 Å². The number of halogens is 1. The van der Waals surface area contributed by atoms with Gasteiger partial charge in [0, 0.05) is 10.9 Å². The summed E-state index contributed by atoms with van der Waals surface area (Å²) < 4.78 is 6.37. The Labute approximate surface area is 155 Å². The Morgan fingerprint density at radius 1 is 1.21 bits per heavy atom. The molecule has 1 aromatic rings. The predicted molar refractivity (Wildman–Crippen MR) is 101 cm³/mol. The van der Waals surface area contributed by atoms with Crippen molar-refractivity contribution in [2.75, 3.05) is 6.61 Å². The molecule has 0 saturated heterocycles. The molecule has 1 aromatic carbocycles. The number of amides is 2. The number of rotatable bonds is 7. The second kappa shape index (κ2) is 11.0. The minimum Gasteiger partial charge on any atom is -0.483 e. The first-order valence-electron chi connectivity index (χ1n) is 7.70. The maximum atomic E-state index is 11.7. The van der Waals surface area contributed by atoms with Crippen molar-refractivity contribution >= 4 is 45.1 Å². The lowest BCUT2D eigenvalue weighted by Crippen LogP contribution is -2.49. The Hall–Kier alpha value is -1.67. The molecule has 0 unspecified atom stereocenters. The molecule has 24 heavy (non-hydrogen) atoms. The molecule has 1 rings (SSSR count). The second-order valence-electron chi connectivity index (χ2n) is 5.21. The van der Waals surface area contributed by atoms with Gasteiger partial charge < -0.3 is 10.1 Å². The largest absolute Gasteiger partial charge is 0.483 e. The molecule has 0 fully saturated rings. The summed E-state index contributed by atoms with van der Waals surface area (Å²) in [6.07, 6.45) is 3.27. The van der Waals surface area contributed by atoms with Crippen LogP contribution in [0.2, 0.25) is 0 Å². The minimum absolute atomic E-state index is 0.0599. The van der Waals surface area contributed by atoms with Gasteiger partial charge in [-0.25, -0.2) is 0 Å². The van der Waals surface area contributed by atoms with E-state index in [-0.39, 0.29) is 17.6 Å². The number of aryl methyl sites for hydroxylation is 1. The van der Waals surface area contributed by atoms with Crippen LogP contribution in [-0.2, 0) is 9.59 Å². The average molecular weight is 416 g/mol. The van der Waals surface area contributed by atoms with Crippen LogP contribution in [-0.4, -0.2) is 23.5 Å². The minimum atomic E-state index is -0.403. The van der Waals surface area contributed by atoms with Crippen molar-refractivity contribution in [1.29, 1.82) is 0 Å². The number of benzene rings is 1. The molecule has 2 amide bonds. The lowest BCUT2D eigenvalue weighted by molar-refractivity contribution is -0.124. The van der Waals surface area contributed by atoms with Gasteiger partial charge in [0.1, 0.15) is 5.75 Å². The van der Waals surface area contributed by atoms with Crippen molar-refractivity contribution < 1.29 is 14.3 Å². The normalized spacial score (nSPS) is 9.96. The number of hydrazine groups is 1. The summed E-state index contributed by atoms with van der Waals surface area (Å²) in [7, 11) is 0. The fourth-order valence-electron chi connectivity index (χ4n) is 1.84. The SMILES string of the molecule is CCCCCC(=O)NC(=S)NNC(=O)COc1ccc(Br)cc1C. The first kappa shape index (κ1) is 20.4. The van der Waals surface area contributed by atoms with E-state index >= 15 is 0 Å². The van der Waals surface area contributed by atoms with Crippen LogP contribution in [0.15, 0.2) is 22.7 Å². The van der Waals surface area contributed by atoms with E-state index < -0.39 is 5.91 Å². The number of thiocarbonyl (C=S) groups is 1. The van der Waals surface area contributed by atoms with E-state index in [1.165, 1.54) is 0 Å². The quantitative estimate of drug-likeness (QED) is 0.362. The first-order valence-corrected chi connectivity index (χ1v) is 8.90. The Bertz CT molecular complexity index is 596. The maximum Gasteiger partial charge on any atom is 0.276 e. The molecule has 3 N–H and O–H groups in total. The summed E-state index contributed by atoms with van der Waals surface area (Å²) in [4.78, 5) is 23.3. The van der Waals surface area contributed by atoms with Crippen molar-refractivity contribution in [3.8, 4) is 5.75 Å². The third-order valence-corrected chi connectivity index (χ3v) is 3.77. The summed E-state index contributed by atoms with van der Waals surface area (Å²) in [6, 6.07) is 5.51. The third kappa shape index (κ3) is 8.26. The monoisotopic (exact) mass is 415 g/mol. The zero-order chi connectivity index (χ0) is 17.9. The number of carbonyl (C=O) groups excluding carboxylic acids is 2. The van der Waals surface area contributed by atoms with E-state index in [2.05, 4.69) is 39.0 Å². The number of hydrogen-bond acceptors (Lipinski definition) is 4. The molecular formula is C16H22BrN3O3S. The fourth-order valence-corrected chi connectivity index (χ4v) is 2.48. The predicted octanol–water partition coefficient (Wildman–Crippen LogP) is 2.74. The highest BCUT2D eigenvalue weighted by Crippen LogP contribution is 2.21. The van der Waals surface area contributed by atoms with Gasteiger partial charge in [0.05, 0.1) is 0 Å². The summed E-state index contributed by atoms with van der Waals surface area (Å²) in [5, 5.41) is 2.56. The third-order valence-electron chi connectivity index (χ3n) is 3.07. The zero-order valence-corrected chi connectivity index (χ0v) is 16.2. The van der Waals surface area contributed by atoms with E-state index in [0.717, 1.165) is 29.3 Å². The van der Waals surface area contributed by atoms with Crippen LogP contribution in [0.5, 0.6) is 5.75 Å². The van der Waals surface area contributed by atoms with Crippen molar-refractivity contribution in [1.82, 2.24) is 16.2 Å². The number of hydrogen-bond donors (Lipinski definition) is 3. The van der Waals surface area contributed by atoms with Crippen LogP contribution < -0.4 is 20.9 Å². The molecule has 0 heterocycles. The molecule has 0 radical (unpaired) electrons. The van der Waals surface area contributed by atoms with Crippen LogP contribution in [0.3, 0.4) is 0 Å². The molecule has 0 spiro atoms.